The monoisotopic (exact) mass is 625 g/mol. The summed E-state index contributed by atoms with van der Waals surface area (Å²) in [6.07, 6.45) is 37.1. The quantitative estimate of drug-likeness (QED) is 0.0721. The van der Waals surface area contributed by atoms with Crippen molar-refractivity contribution in [2.45, 2.75) is 202 Å². The lowest BCUT2D eigenvalue weighted by molar-refractivity contribution is -0.152. The lowest BCUT2D eigenvalue weighted by Gasteiger charge is -2.58. The van der Waals surface area contributed by atoms with E-state index < -0.39 is 0 Å². The Morgan fingerprint density at radius 2 is 1.47 bits per heavy atom. The van der Waals surface area contributed by atoms with Gasteiger partial charge >= 0.3 is 5.97 Å². The minimum absolute atomic E-state index is 0.0799. The summed E-state index contributed by atoms with van der Waals surface area (Å²) in [7, 11) is 0. The first-order valence-corrected chi connectivity index (χ1v) is 20.7. The number of fused-ring (bicyclic) bond motifs is 5. The number of carbonyl (C=O) groups excluding carboxylic acids is 1. The maximum Gasteiger partial charge on any atom is 0.305 e. The van der Waals surface area contributed by atoms with Crippen LogP contribution in [0.25, 0.3) is 0 Å². The molecule has 0 radical (unpaired) electrons. The van der Waals surface area contributed by atoms with Crippen molar-refractivity contribution in [1.82, 2.24) is 0 Å². The van der Waals surface area contributed by atoms with E-state index in [0.29, 0.717) is 18.4 Å². The van der Waals surface area contributed by atoms with Crippen molar-refractivity contribution in [3.05, 3.63) is 11.6 Å². The molecule has 0 heterocycles. The lowest BCUT2D eigenvalue weighted by Crippen LogP contribution is -2.52. The smallest absolute Gasteiger partial charge is 0.305 e. The minimum Gasteiger partial charge on any atom is -0.465 e. The highest BCUT2D eigenvalue weighted by molar-refractivity contribution is 5.69. The third-order valence-corrected chi connectivity index (χ3v) is 13.9. The van der Waals surface area contributed by atoms with Crippen LogP contribution in [0, 0.1) is 46.3 Å². The van der Waals surface area contributed by atoms with Crippen molar-refractivity contribution in [2.24, 2.45) is 46.3 Å². The van der Waals surface area contributed by atoms with E-state index in [4.69, 9.17) is 4.74 Å². The van der Waals surface area contributed by atoms with Gasteiger partial charge in [0.1, 0.15) is 6.61 Å². The second-order valence-electron chi connectivity index (χ2n) is 17.4. The van der Waals surface area contributed by atoms with E-state index in [1.807, 2.05) is 0 Å². The van der Waals surface area contributed by atoms with Gasteiger partial charge in [-0.15, -0.1) is 0 Å². The highest BCUT2D eigenvalue weighted by Gasteiger charge is 2.60. The Morgan fingerprint density at radius 3 is 2.13 bits per heavy atom. The molecule has 7 atom stereocenters. The van der Waals surface area contributed by atoms with Gasteiger partial charge in [0.2, 0.25) is 0 Å². The summed E-state index contributed by atoms with van der Waals surface area (Å²) >= 11 is 0. The van der Waals surface area contributed by atoms with Gasteiger partial charge in [-0.3, -0.25) is 4.79 Å². The summed E-state index contributed by atoms with van der Waals surface area (Å²) < 4.78 is 6.28. The molecule has 3 unspecified atom stereocenters. The summed E-state index contributed by atoms with van der Waals surface area (Å²) in [6.45, 7) is 13.0. The molecule has 0 N–H and O–H groups in total. The van der Waals surface area contributed by atoms with Crippen LogP contribution < -0.4 is 0 Å². The Hall–Kier alpha value is -0.790. The zero-order valence-electron chi connectivity index (χ0n) is 30.9. The summed E-state index contributed by atoms with van der Waals surface area (Å²) in [5, 5.41) is 0. The largest absolute Gasteiger partial charge is 0.465 e. The third-order valence-electron chi connectivity index (χ3n) is 13.9. The molecule has 45 heavy (non-hydrogen) atoms. The van der Waals surface area contributed by atoms with E-state index in [9.17, 15) is 4.79 Å². The summed E-state index contributed by atoms with van der Waals surface area (Å²) in [5.74, 6) is 5.08. The molecule has 0 spiro atoms. The number of carbonyl (C=O) groups is 1. The highest BCUT2D eigenvalue weighted by Crippen LogP contribution is 2.67. The average Bonchev–Trinajstić information content (AvgIpc) is 3.39. The fraction of sp³-hybridized carbons (Fsp3) is 0.930. The van der Waals surface area contributed by atoms with E-state index >= 15 is 0 Å². The van der Waals surface area contributed by atoms with Crippen LogP contribution >= 0.6 is 0 Å². The molecule has 3 fully saturated rings. The molecular weight excluding hydrogens is 548 g/mol. The molecular formula is C43H76O2. The second kappa shape index (κ2) is 18.7. The van der Waals surface area contributed by atoms with Gasteiger partial charge in [-0.2, -0.15) is 0 Å². The number of hydrogen-bond acceptors (Lipinski definition) is 2. The Balaban J connectivity index is 1.21. The summed E-state index contributed by atoms with van der Waals surface area (Å²) in [4.78, 5) is 13.1. The molecule has 260 valence electrons. The van der Waals surface area contributed by atoms with E-state index in [0.717, 1.165) is 41.9 Å². The van der Waals surface area contributed by atoms with Crippen LogP contribution in [0.5, 0.6) is 0 Å². The van der Waals surface area contributed by atoms with Gasteiger partial charge in [-0.25, -0.2) is 0 Å². The number of rotatable bonds is 21. The van der Waals surface area contributed by atoms with Crippen LogP contribution in [0.1, 0.15) is 202 Å². The molecule has 0 aromatic carbocycles. The van der Waals surface area contributed by atoms with Crippen LogP contribution in [0.2, 0.25) is 0 Å². The normalized spacial score (nSPS) is 31.6. The van der Waals surface area contributed by atoms with E-state index in [2.05, 4.69) is 40.7 Å². The first-order chi connectivity index (χ1) is 21.8. The van der Waals surface area contributed by atoms with Crippen LogP contribution in [0.3, 0.4) is 0 Å². The molecule has 2 nitrogen and oxygen atoms in total. The fourth-order valence-corrected chi connectivity index (χ4v) is 11.3. The molecule has 3 saturated carbocycles. The van der Waals surface area contributed by atoms with Crippen molar-refractivity contribution >= 4 is 5.97 Å². The Morgan fingerprint density at radius 1 is 0.800 bits per heavy atom. The van der Waals surface area contributed by atoms with Crippen LogP contribution in [-0.4, -0.2) is 12.6 Å². The Bertz CT molecular complexity index is 888. The van der Waals surface area contributed by atoms with Crippen molar-refractivity contribution in [3.63, 3.8) is 0 Å². The van der Waals surface area contributed by atoms with Gasteiger partial charge in [0.05, 0.1) is 0 Å². The molecule has 0 aromatic heterocycles. The number of esters is 1. The Kier molecular flexibility index (Phi) is 15.4. The number of unbranched alkanes of at least 4 members (excludes halogenated alkanes) is 12. The van der Waals surface area contributed by atoms with Crippen molar-refractivity contribution in [2.75, 3.05) is 6.61 Å². The van der Waals surface area contributed by atoms with Crippen molar-refractivity contribution < 1.29 is 9.53 Å². The van der Waals surface area contributed by atoms with Gasteiger partial charge in [-0.05, 0) is 98.7 Å². The lowest BCUT2D eigenvalue weighted by atomic mass is 9.46. The standard InChI is InChI=1S/C43H76O2/c1-6-7-8-9-10-11-12-13-14-15-16-17-18-25-41(44)45-33-43-31-20-19-24-36(43)26-27-37-39-29-28-38(35(4)23-21-22-34(2)3)42(39,5)32-30-40(37)43/h26,34-35,37-40H,6-25,27-33H2,1-5H3/t35-,37?,38-,39?,40?,42-,43-/m1/s1. The van der Waals surface area contributed by atoms with Gasteiger partial charge in [0.15, 0.2) is 0 Å². The topological polar surface area (TPSA) is 26.3 Å². The maximum atomic E-state index is 13.1. The predicted octanol–water partition coefficient (Wildman–Crippen LogP) is 13.4. The number of hydrogen-bond donors (Lipinski definition) is 0. The number of allylic oxidation sites excluding steroid dienone is 1. The molecule has 4 aliphatic rings. The molecule has 0 aliphatic heterocycles. The molecule has 0 aromatic rings. The van der Waals surface area contributed by atoms with E-state index in [1.54, 1.807) is 5.57 Å². The molecule has 4 aliphatic carbocycles. The minimum atomic E-state index is 0.0799. The van der Waals surface area contributed by atoms with Crippen LogP contribution in [0.4, 0.5) is 0 Å². The third kappa shape index (κ3) is 9.87. The Labute approximate surface area is 281 Å². The van der Waals surface area contributed by atoms with Gasteiger partial charge in [-0.1, -0.05) is 149 Å². The highest BCUT2D eigenvalue weighted by atomic mass is 16.5. The molecule has 0 bridgehead atoms. The first-order valence-electron chi connectivity index (χ1n) is 20.7. The van der Waals surface area contributed by atoms with Gasteiger partial charge < -0.3 is 4.74 Å². The fourth-order valence-electron chi connectivity index (χ4n) is 11.3. The number of ether oxygens (including phenoxy) is 1. The van der Waals surface area contributed by atoms with Crippen molar-refractivity contribution in [3.8, 4) is 0 Å². The average molecular weight is 625 g/mol. The van der Waals surface area contributed by atoms with Gasteiger partial charge in [0.25, 0.3) is 0 Å². The van der Waals surface area contributed by atoms with Gasteiger partial charge in [0, 0.05) is 11.8 Å². The van der Waals surface area contributed by atoms with Crippen LogP contribution in [-0.2, 0) is 9.53 Å². The zero-order chi connectivity index (χ0) is 32.1. The molecule has 0 amide bonds. The molecule has 2 heteroatoms. The van der Waals surface area contributed by atoms with Crippen LogP contribution in [0.15, 0.2) is 11.6 Å². The van der Waals surface area contributed by atoms with E-state index in [1.165, 1.54) is 154 Å². The molecule has 4 rings (SSSR count). The maximum absolute atomic E-state index is 13.1. The predicted molar refractivity (Wildman–Crippen MR) is 193 cm³/mol. The van der Waals surface area contributed by atoms with E-state index in [-0.39, 0.29) is 11.4 Å². The van der Waals surface area contributed by atoms with Crippen molar-refractivity contribution in [1.29, 1.82) is 0 Å². The first kappa shape index (κ1) is 37.0. The summed E-state index contributed by atoms with van der Waals surface area (Å²) in [5.41, 5.74) is 2.35. The summed E-state index contributed by atoms with van der Waals surface area (Å²) in [6, 6.07) is 0. The zero-order valence-corrected chi connectivity index (χ0v) is 30.9. The second-order valence-corrected chi connectivity index (χ2v) is 17.4. The molecule has 0 saturated heterocycles. The SMILES string of the molecule is CCCCCCCCCCCCCCCC(=O)OC[C@]12CCCCC1=CCC1C2CC[C@@]2(C)C1CC[C@@H]2[C@H](C)CCCC(C)C.